The first-order chi connectivity index (χ1) is 6.27. The molecule has 0 aromatic carbocycles. The molecule has 0 amide bonds. The van der Waals surface area contributed by atoms with E-state index in [0.717, 1.165) is 5.70 Å². The Morgan fingerprint density at radius 2 is 2.54 bits per heavy atom. The number of nitrogens with zero attached hydrogens (tertiary/aromatic N) is 1. The second-order valence-electron chi connectivity index (χ2n) is 2.59. The maximum absolute atomic E-state index is 13.0. The molecule has 0 unspecified atom stereocenters. The molecule has 68 valence electrons. The zero-order chi connectivity index (χ0) is 9.68. The molecule has 2 nitrogen and oxygen atoms in total. The van der Waals surface area contributed by atoms with Gasteiger partial charge in [0.2, 0.25) is 0 Å². The Labute approximate surface area is 77.2 Å². The lowest BCUT2D eigenvalue weighted by Gasteiger charge is -2.11. The average Bonchev–Trinajstić information content (AvgIpc) is 2.16. The molecule has 1 aliphatic rings. The van der Waals surface area contributed by atoms with Crippen molar-refractivity contribution in [2.24, 2.45) is 4.99 Å². The third-order valence-corrected chi connectivity index (χ3v) is 1.72. The highest BCUT2D eigenvalue weighted by atomic mass is 19.1. The van der Waals surface area contributed by atoms with Crippen molar-refractivity contribution >= 4 is 5.71 Å². The average molecular weight is 178 g/mol. The Hall–Kier alpha value is -1.56. The van der Waals surface area contributed by atoms with Crippen molar-refractivity contribution in [2.45, 2.75) is 6.42 Å². The van der Waals surface area contributed by atoms with Gasteiger partial charge in [-0.2, -0.15) is 0 Å². The molecule has 0 fully saturated rings. The summed E-state index contributed by atoms with van der Waals surface area (Å²) in [6.45, 7) is 0.457. The van der Waals surface area contributed by atoms with Gasteiger partial charge in [-0.05, 0) is 12.2 Å². The fraction of sp³-hybridized carbons (Fsp3) is 0.300. The lowest BCUT2D eigenvalue weighted by atomic mass is 10.1. The monoisotopic (exact) mass is 178 g/mol. The van der Waals surface area contributed by atoms with E-state index in [0.29, 0.717) is 18.7 Å². The van der Waals surface area contributed by atoms with Crippen LogP contribution in [-0.4, -0.2) is 19.3 Å². The molecular formula is C10H11FN2. The Morgan fingerprint density at radius 3 is 3.15 bits per heavy atom. The molecule has 1 aliphatic carbocycles. The zero-order valence-corrected chi connectivity index (χ0v) is 7.47. The van der Waals surface area contributed by atoms with Crippen molar-refractivity contribution in [3.63, 3.8) is 0 Å². The topological polar surface area (TPSA) is 24.4 Å². The summed E-state index contributed by atoms with van der Waals surface area (Å²) in [6, 6.07) is 0. The molecule has 0 aliphatic heterocycles. The Balaban J connectivity index is 2.67. The van der Waals surface area contributed by atoms with Crippen LogP contribution < -0.4 is 5.32 Å². The third-order valence-electron chi connectivity index (χ3n) is 1.72. The number of aliphatic imine (C=N–C) groups is 1. The first kappa shape index (κ1) is 9.53. The van der Waals surface area contributed by atoms with Gasteiger partial charge in [0.1, 0.15) is 5.83 Å². The van der Waals surface area contributed by atoms with Crippen molar-refractivity contribution in [3.05, 3.63) is 23.7 Å². The van der Waals surface area contributed by atoms with Crippen LogP contribution >= 0.6 is 0 Å². The van der Waals surface area contributed by atoms with E-state index in [1.54, 1.807) is 13.1 Å². The van der Waals surface area contributed by atoms with Crippen LogP contribution in [0.2, 0.25) is 0 Å². The molecule has 0 atom stereocenters. The van der Waals surface area contributed by atoms with Gasteiger partial charge in [0.15, 0.2) is 0 Å². The smallest absolute Gasteiger partial charge is 0.144 e. The largest absolute Gasteiger partial charge is 0.377 e. The number of hydrogen-bond donors (Lipinski definition) is 1. The summed E-state index contributed by atoms with van der Waals surface area (Å²) >= 11 is 0. The maximum Gasteiger partial charge on any atom is 0.144 e. The number of terminal acetylenes is 1. The molecule has 1 rings (SSSR count). The van der Waals surface area contributed by atoms with E-state index in [4.69, 9.17) is 6.42 Å². The van der Waals surface area contributed by atoms with Crippen molar-refractivity contribution in [1.29, 1.82) is 0 Å². The second kappa shape index (κ2) is 4.46. The normalized spacial score (nSPS) is 19.0. The first-order valence-corrected chi connectivity index (χ1v) is 3.98. The SMILES string of the molecule is C#CCNC1=CC(=NC)C(F)=CC1. The van der Waals surface area contributed by atoms with Crippen LogP contribution in [0.5, 0.6) is 0 Å². The summed E-state index contributed by atoms with van der Waals surface area (Å²) in [4.78, 5) is 3.79. The highest BCUT2D eigenvalue weighted by Gasteiger charge is 2.09. The highest BCUT2D eigenvalue weighted by Crippen LogP contribution is 2.14. The van der Waals surface area contributed by atoms with Gasteiger partial charge in [0, 0.05) is 19.2 Å². The number of allylic oxidation sites excluding steroid dienone is 3. The summed E-state index contributed by atoms with van der Waals surface area (Å²) in [7, 11) is 1.56. The molecule has 3 heteroatoms. The lowest BCUT2D eigenvalue weighted by molar-refractivity contribution is 0.671. The van der Waals surface area contributed by atoms with Crippen LogP contribution in [0.1, 0.15) is 6.42 Å². The van der Waals surface area contributed by atoms with E-state index in [1.807, 2.05) is 0 Å². The Bertz CT molecular complexity index is 318. The zero-order valence-electron chi connectivity index (χ0n) is 7.47. The quantitative estimate of drug-likeness (QED) is 0.635. The van der Waals surface area contributed by atoms with Crippen LogP contribution in [0, 0.1) is 12.3 Å². The van der Waals surface area contributed by atoms with Crippen molar-refractivity contribution in [1.82, 2.24) is 5.32 Å². The standard InChI is InChI=1S/C10H11FN2/c1-3-6-13-8-4-5-9(11)10(7-8)12-2/h1,5,7,13H,4,6H2,2H3. The van der Waals surface area contributed by atoms with Crippen molar-refractivity contribution < 1.29 is 4.39 Å². The van der Waals surface area contributed by atoms with E-state index in [-0.39, 0.29) is 5.83 Å². The minimum Gasteiger partial charge on any atom is -0.377 e. The molecule has 0 bridgehead atoms. The van der Waals surface area contributed by atoms with E-state index in [9.17, 15) is 4.39 Å². The molecule has 0 aromatic heterocycles. The van der Waals surface area contributed by atoms with Crippen LogP contribution in [-0.2, 0) is 0 Å². The number of hydrogen-bond acceptors (Lipinski definition) is 2. The fourth-order valence-electron chi connectivity index (χ4n) is 1.06. The third kappa shape index (κ3) is 2.45. The van der Waals surface area contributed by atoms with Gasteiger partial charge >= 0.3 is 0 Å². The molecule has 1 N–H and O–H groups in total. The minimum atomic E-state index is -0.270. The summed E-state index contributed by atoms with van der Waals surface area (Å²) in [5, 5.41) is 2.99. The molecular weight excluding hydrogens is 167 g/mol. The number of nitrogens with one attached hydrogen (secondary N) is 1. The summed E-state index contributed by atoms with van der Waals surface area (Å²) in [5.41, 5.74) is 1.27. The van der Waals surface area contributed by atoms with Gasteiger partial charge in [-0.1, -0.05) is 5.92 Å². The van der Waals surface area contributed by atoms with Gasteiger partial charge in [0.05, 0.1) is 12.3 Å². The van der Waals surface area contributed by atoms with E-state index < -0.39 is 0 Å². The van der Waals surface area contributed by atoms with Crippen LogP contribution in [0.3, 0.4) is 0 Å². The van der Waals surface area contributed by atoms with Crippen LogP contribution in [0.15, 0.2) is 28.7 Å². The molecule has 0 saturated heterocycles. The predicted molar refractivity (Wildman–Crippen MR) is 52.1 cm³/mol. The molecule has 0 aromatic rings. The van der Waals surface area contributed by atoms with E-state index >= 15 is 0 Å². The van der Waals surface area contributed by atoms with Gasteiger partial charge in [-0.15, -0.1) is 6.42 Å². The van der Waals surface area contributed by atoms with Gasteiger partial charge in [-0.25, -0.2) is 4.39 Å². The van der Waals surface area contributed by atoms with Crippen molar-refractivity contribution in [3.8, 4) is 12.3 Å². The van der Waals surface area contributed by atoms with Gasteiger partial charge in [0.25, 0.3) is 0 Å². The van der Waals surface area contributed by atoms with E-state index in [2.05, 4.69) is 16.2 Å². The highest BCUT2D eigenvalue weighted by molar-refractivity contribution is 6.07. The molecule has 0 spiro atoms. The second-order valence-corrected chi connectivity index (χ2v) is 2.59. The summed E-state index contributed by atoms with van der Waals surface area (Å²) < 4.78 is 13.0. The minimum absolute atomic E-state index is 0.270. The van der Waals surface area contributed by atoms with Crippen LogP contribution in [0.25, 0.3) is 0 Å². The van der Waals surface area contributed by atoms with Crippen LogP contribution in [0.4, 0.5) is 4.39 Å². The van der Waals surface area contributed by atoms with Gasteiger partial charge in [-0.3, -0.25) is 4.99 Å². The maximum atomic E-state index is 13.0. The summed E-state index contributed by atoms with van der Waals surface area (Å²) in [5.74, 6) is 2.18. The Kier molecular flexibility index (Phi) is 3.27. The number of rotatable bonds is 2. The molecule has 0 radical (unpaired) electrons. The van der Waals surface area contributed by atoms with Gasteiger partial charge < -0.3 is 5.32 Å². The summed E-state index contributed by atoms with van der Waals surface area (Å²) in [6.07, 6.45) is 8.79. The lowest BCUT2D eigenvalue weighted by Crippen LogP contribution is -2.17. The fourth-order valence-corrected chi connectivity index (χ4v) is 1.06. The predicted octanol–water partition coefficient (Wildman–Crippen LogP) is 1.42. The Morgan fingerprint density at radius 1 is 1.77 bits per heavy atom. The van der Waals surface area contributed by atoms with E-state index in [1.165, 1.54) is 6.08 Å². The molecule has 0 saturated carbocycles. The number of halogens is 1. The first-order valence-electron chi connectivity index (χ1n) is 3.98. The van der Waals surface area contributed by atoms with Crippen molar-refractivity contribution in [2.75, 3.05) is 13.6 Å². The molecule has 13 heavy (non-hydrogen) atoms. The molecule has 0 heterocycles.